The summed E-state index contributed by atoms with van der Waals surface area (Å²) in [4.78, 5) is 13.9. The van der Waals surface area contributed by atoms with Crippen molar-refractivity contribution < 1.29 is 9.90 Å². The second-order valence-corrected chi connectivity index (χ2v) is 6.16. The molecule has 0 fully saturated rings. The standard InChI is InChI=1S/C10H11NO2SSe/c12-9(13)5-6-11-7-3-1-2-4-8(7)14-10(11)15/h1-4,10,15H,5-6H2,(H,12,13). The van der Waals surface area contributed by atoms with Crippen molar-refractivity contribution in [2.75, 3.05) is 11.4 Å². The van der Waals surface area contributed by atoms with Gasteiger partial charge in [0, 0.05) is 0 Å². The van der Waals surface area contributed by atoms with E-state index in [2.05, 4.69) is 27.0 Å². The molecule has 0 spiro atoms. The summed E-state index contributed by atoms with van der Waals surface area (Å²) in [6, 6.07) is 8.10. The van der Waals surface area contributed by atoms with Gasteiger partial charge in [0.25, 0.3) is 0 Å². The minimum absolute atomic E-state index is 0.184. The third-order valence-electron chi connectivity index (χ3n) is 2.24. The van der Waals surface area contributed by atoms with Gasteiger partial charge in [0.15, 0.2) is 0 Å². The molecule has 5 heteroatoms. The molecule has 2 rings (SSSR count). The molecule has 0 radical (unpaired) electrons. The van der Waals surface area contributed by atoms with Gasteiger partial charge in [-0.2, -0.15) is 0 Å². The van der Waals surface area contributed by atoms with Crippen molar-refractivity contribution in [3.63, 3.8) is 0 Å². The van der Waals surface area contributed by atoms with E-state index in [1.807, 2.05) is 18.2 Å². The number of thioether (sulfide) groups is 1. The summed E-state index contributed by atoms with van der Waals surface area (Å²) in [7, 11) is 0. The van der Waals surface area contributed by atoms with Crippen molar-refractivity contribution in [2.45, 2.75) is 15.6 Å². The fraction of sp³-hybridized carbons (Fsp3) is 0.300. The quantitative estimate of drug-likeness (QED) is 0.850. The number of anilines is 1. The average molecular weight is 288 g/mol. The predicted molar refractivity (Wildman–Crippen MR) is 62.8 cm³/mol. The van der Waals surface area contributed by atoms with Gasteiger partial charge < -0.3 is 0 Å². The third kappa shape index (κ3) is 2.30. The number of carbonyl (C=O) groups is 1. The number of para-hydroxylation sites is 1. The van der Waals surface area contributed by atoms with Crippen molar-refractivity contribution in [3.05, 3.63) is 24.3 Å². The molecular weight excluding hydrogens is 277 g/mol. The zero-order valence-electron chi connectivity index (χ0n) is 7.96. The molecule has 1 heterocycles. The fourth-order valence-electron chi connectivity index (χ4n) is 1.54. The van der Waals surface area contributed by atoms with Gasteiger partial charge in [-0.15, -0.1) is 0 Å². The Labute approximate surface area is 101 Å². The molecule has 0 aromatic heterocycles. The van der Waals surface area contributed by atoms with Crippen molar-refractivity contribution in [2.24, 2.45) is 0 Å². The summed E-state index contributed by atoms with van der Waals surface area (Å²) in [6.07, 6.45) is 0.184. The number of nitrogens with zero attached hydrogens (tertiary/aromatic N) is 1. The summed E-state index contributed by atoms with van der Waals surface area (Å²) < 4.78 is 0.272. The van der Waals surface area contributed by atoms with Gasteiger partial charge in [-0.05, 0) is 0 Å². The van der Waals surface area contributed by atoms with E-state index >= 15 is 0 Å². The Kier molecular flexibility index (Phi) is 3.24. The number of hydrogen-bond donors (Lipinski definition) is 1. The number of carboxylic acid groups (broad SMARTS) is 1. The molecule has 0 saturated heterocycles. The van der Waals surface area contributed by atoms with Crippen LogP contribution >= 0.6 is 11.8 Å². The molecule has 1 N–H and O–H groups in total. The molecule has 0 bridgehead atoms. The molecule has 80 valence electrons. The van der Waals surface area contributed by atoms with Crippen LogP contribution in [0.15, 0.2) is 29.2 Å². The van der Waals surface area contributed by atoms with Crippen LogP contribution in [0.2, 0.25) is 0 Å². The number of aliphatic carboxylic acids is 1. The number of rotatable bonds is 3. The van der Waals surface area contributed by atoms with E-state index in [4.69, 9.17) is 5.11 Å². The Morgan fingerprint density at radius 2 is 2.27 bits per heavy atom. The van der Waals surface area contributed by atoms with E-state index < -0.39 is 5.97 Å². The van der Waals surface area contributed by atoms with Gasteiger partial charge in [-0.1, -0.05) is 0 Å². The zero-order valence-corrected chi connectivity index (χ0v) is 10.7. The number of fused-ring (bicyclic) bond motifs is 1. The maximum absolute atomic E-state index is 10.5. The van der Waals surface area contributed by atoms with Crippen molar-refractivity contribution in [3.8, 4) is 0 Å². The molecule has 1 aromatic carbocycles. The first-order valence-electron chi connectivity index (χ1n) is 4.60. The fourth-order valence-corrected chi connectivity index (χ4v) is 3.79. The van der Waals surface area contributed by atoms with E-state index in [-0.39, 0.29) is 10.7 Å². The molecule has 1 aliphatic rings. The first-order valence-corrected chi connectivity index (χ1v) is 6.57. The maximum atomic E-state index is 10.5. The molecule has 0 saturated carbocycles. The van der Waals surface area contributed by atoms with Crippen molar-refractivity contribution in [1.29, 1.82) is 0 Å². The van der Waals surface area contributed by atoms with Crippen LogP contribution in [0, 0.1) is 0 Å². The molecule has 1 aliphatic heterocycles. The van der Waals surface area contributed by atoms with Gasteiger partial charge >= 0.3 is 101 Å². The summed E-state index contributed by atoms with van der Waals surface area (Å²) in [6.45, 7) is 0.568. The van der Waals surface area contributed by atoms with E-state index in [0.29, 0.717) is 6.54 Å². The first-order chi connectivity index (χ1) is 7.18. The van der Waals surface area contributed by atoms with Crippen LogP contribution in [-0.4, -0.2) is 37.9 Å². The number of carboxylic acids is 1. The molecule has 1 unspecified atom stereocenters. The van der Waals surface area contributed by atoms with Gasteiger partial charge in [-0.25, -0.2) is 0 Å². The Morgan fingerprint density at radius 1 is 1.53 bits per heavy atom. The SMILES string of the molecule is O=C(O)CCN1c2ccccc2SC1[SeH]. The van der Waals surface area contributed by atoms with Gasteiger partial charge in [0.2, 0.25) is 0 Å². The molecule has 0 aliphatic carbocycles. The van der Waals surface area contributed by atoms with Crippen LogP contribution in [-0.2, 0) is 4.79 Å². The molecule has 1 atom stereocenters. The topological polar surface area (TPSA) is 40.5 Å². The van der Waals surface area contributed by atoms with E-state index in [1.165, 1.54) is 4.90 Å². The van der Waals surface area contributed by atoms with Crippen molar-refractivity contribution in [1.82, 2.24) is 0 Å². The Morgan fingerprint density at radius 3 is 3.00 bits per heavy atom. The second-order valence-electron chi connectivity index (χ2n) is 3.25. The van der Waals surface area contributed by atoms with Crippen LogP contribution < -0.4 is 4.90 Å². The number of hydrogen-bond acceptors (Lipinski definition) is 3. The Bertz CT molecular complexity index is 385. The predicted octanol–water partition coefficient (Wildman–Crippen LogP) is 1.26. The van der Waals surface area contributed by atoms with E-state index in [1.54, 1.807) is 11.8 Å². The van der Waals surface area contributed by atoms with Gasteiger partial charge in [0.05, 0.1) is 0 Å². The second kappa shape index (κ2) is 4.47. The molecule has 15 heavy (non-hydrogen) atoms. The Balaban J connectivity index is 2.15. The first kappa shape index (κ1) is 10.9. The molecule has 1 aromatic rings. The van der Waals surface area contributed by atoms with Gasteiger partial charge in [0.1, 0.15) is 0 Å². The summed E-state index contributed by atoms with van der Waals surface area (Å²) in [5.41, 5.74) is 1.15. The molecule has 3 nitrogen and oxygen atoms in total. The van der Waals surface area contributed by atoms with Crippen LogP contribution in [0.5, 0.6) is 0 Å². The third-order valence-corrected chi connectivity index (χ3v) is 4.55. The van der Waals surface area contributed by atoms with Crippen molar-refractivity contribution >= 4 is 39.4 Å². The van der Waals surface area contributed by atoms with Crippen LogP contribution in [0.1, 0.15) is 6.42 Å². The molecule has 0 amide bonds. The normalized spacial score (nSPS) is 19.0. The summed E-state index contributed by atoms with van der Waals surface area (Å²) >= 11 is 4.34. The van der Waals surface area contributed by atoms with E-state index in [0.717, 1.165) is 5.69 Å². The summed E-state index contributed by atoms with van der Waals surface area (Å²) in [5.74, 6) is -0.746. The summed E-state index contributed by atoms with van der Waals surface area (Å²) in [5, 5.41) is 8.67. The number of benzene rings is 1. The van der Waals surface area contributed by atoms with Crippen LogP contribution in [0.3, 0.4) is 0 Å². The Hall–Kier alpha value is -0.641. The van der Waals surface area contributed by atoms with Gasteiger partial charge in [-0.3, -0.25) is 0 Å². The average Bonchev–Trinajstić information content (AvgIpc) is 2.50. The molecular formula is C10H11NO2SSe. The van der Waals surface area contributed by atoms with Crippen LogP contribution in [0.4, 0.5) is 5.69 Å². The minimum atomic E-state index is -0.746. The van der Waals surface area contributed by atoms with Crippen LogP contribution in [0.25, 0.3) is 0 Å². The zero-order chi connectivity index (χ0) is 10.8. The monoisotopic (exact) mass is 289 g/mol. The van der Waals surface area contributed by atoms with E-state index in [9.17, 15) is 4.79 Å².